The average Bonchev–Trinajstić information content (AvgIpc) is 2.46. The number of hydrazone groups is 1. The Morgan fingerprint density at radius 3 is 2.64 bits per heavy atom. The van der Waals surface area contributed by atoms with Crippen LogP contribution in [0.2, 0.25) is 5.02 Å². The highest BCUT2D eigenvalue weighted by Crippen LogP contribution is 2.15. The van der Waals surface area contributed by atoms with Gasteiger partial charge in [0.05, 0.1) is 17.3 Å². The van der Waals surface area contributed by atoms with Gasteiger partial charge >= 0.3 is 0 Å². The summed E-state index contributed by atoms with van der Waals surface area (Å²) in [6, 6.07) is 9.80. The predicted octanol–water partition coefficient (Wildman–Crippen LogP) is 2.34. The third-order valence-electron chi connectivity index (χ3n) is 2.72. The molecule has 0 aromatic heterocycles. The Labute approximate surface area is 130 Å². The third kappa shape index (κ3) is 3.89. The zero-order chi connectivity index (χ0) is 16.1. The van der Waals surface area contributed by atoms with Crippen molar-refractivity contribution >= 4 is 29.6 Å². The molecule has 0 heterocycles. The molecule has 0 unspecified atom stereocenters. The van der Waals surface area contributed by atoms with E-state index < -0.39 is 17.6 Å². The number of hydrogen-bond donors (Lipinski definition) is 2. The van der Waals surface area contributed by atoms with Gasteiger partial charge in [-0.1, -0.05) is 23.7 Å². The number of benzene rings is 2. The molecular formula is C15H11ClFN3O2. The smallest absolute Gasteiger partial charge is 0.272 e. The molecule has 0 radical (unpaired) electrons. The highest BCUT2D eigenvalue weighted by Gasteiger charge is 2.15. The molecule has 3 N–H and O–H groups in total. The quantitative estimate of drug-likeness (QED) is 0.669. The standard InChI is InChI=1S/C15H11ClFN3O2/c16-10-4-5-12(14(18)21)13(7-10)15(22)20-19-8-9-2-1-3-11(17)6-9/h1-8H,(H2,18,21)(H,20,22). The number of amides is 2. The SMILES string of the molecule is NC(=O)c1ccc(Cl)cc1C(=O)NN=Cc1cccc(F)c1. The van der Waals surface area contributed by atoms with E-state index in [2.05, 4.69) is 10.5 Å². The van der Waals surface area contributed by atoms with E-state index in [0.29, 0.717) is 5.56 Å². The number of rotatable bonds is 4. The minimum atomic E-state index is -0.754. The monoisotopic (exact) mass is 319 g/mol. The molecule has 0 aliphatic carbocycles. The molecule has 0 saturated carbocycles. The van der Waals surface area contributed by atoms with Crippen LogP contribution in [0.15, 0.2) is 47.6 Å². The Morgan fingerprint density at radius 1 is 1.18 bits per heavy atom. The lowest BCUT2D eigenvalue weighted by atomic mass is 10.1. The zero-order valence-electron chi connectivity index (χ0n) is 11.2. The fraction of sp³-hybridized carbons (Fsp3) is 0. The van der Waals surface area contributed by atoms with Crippen molar-refractivity contribution in [2.75, 3.05) is 0 Å². The Morgan fingerprint density at radius 2 is 1.95 bits per heavy atom. The fourth-order valence-electron chi connectivity index (χ4n) is 1.73. The number of halogens is 2. The summed E-state index contributed by atoms with van der Waals surface area (Å²) in [4.78, 5) is 23.3. The maximum absolute atomic E-state index is 13.0. The minimum Gasteiger partial charge on any atom is -0.366 e. The molecule has 0 atom stereocenters. The number of nitrogens with two attached hydrogens (primary N) is 1. The van der Waals surface area contributed by atoms with Crippen molar-refractivity contribution in [2.24, 2.45) is 10.8 Å². The summed E-state index contributed by atoms with van der Waals surface area (Å²) in [5.74, 6) is -1.82. The summed E-state index contributed by atoms with van der Waals surface area (Å²) >= 11 is 5.80. The second-order valence-electron chi connectivity index (χ2n) is 4.31. The highest BCUT2D eigenvalue weighted by atomic mass is 35.5. The van der Waals surface area contributed by atoms with E-state index in [4.69, 9.17) is 17.3 Å². The van der Waals surface area contributed by atoms with Crippen molar-refractivity contribution in [1.82, 2.24) is 5.43 Å². The first-order valence-corrected chi connectivity index (χ1v) is 6.53. The molecule has 2 rings (SSSR count). The van der Waals surface area contributed by atoms with E-state index in [9.17, 15) is 14.0 Å². The van der Waals surface area contributed by atoms with Gasteiger partial charge in [-0.15, -0.1) is 0 Å². The first kappa shape index (κ1) is 15.7. The van der Waals surface area contributed by atoms with Crippen molar-refractivity contribution in [3.05, 3.63) is 70.0 Å². The molecule has 0 aliphatic heterocycles. The topological polar surface area (TPSA) is 84.5 Å². The number of nitrogens with zero attached hydrogens (tertiary/aromatic N) is 1. The van der Waals surface area contributed by atoms with Gasteiger partial charge in [0.1, 0.15) is 5.82 Å². The van der Waals surface area contributed by atoms with Crippen molar-refractivity contribution in [2.45, 2.75) is 0 Å². The second-order valence-corrected chi connectivity index (χ2v) is 4.74. The molecule has 0 spiro atoms. The molecule has 0 saturated heterocycles. The molecule has 2 aromatic carbocycles. The molecule has 7 heteroatoms. The van der Waals surface area contributed by atoms with Crippen LogP contribution in [0, 0.1) is 5.82 Å². The number of carbonyl (C=O) groups excluding carboxylic acids is 2. The first-order valence-electron chi connectivity index (χ1n) is 6.15. The van der Waals surface area contributed by atoms with E-state index in [-0.39, 0.29) is 16.1 Å². The van der Waals surface area contributed by atoms with Gasteiger partial charge in [0.15, 0.2) is 0 Å². The average molecular weight is 320 g/mol. The van der Waals surface area contributed by atoms with Gasteiger partial charge < -0.3 is 5.73 Å². The maximum atomic E-state index is 13.0. The van der Waals surface area contributed by atoms with Crippen molar-refractivity contribution in [3.8, 4) is 0 Å². The summed E-state index contributed by atoms with van der Waals surface area (Å²) in [6.45, 7) is 0. The third-order valence-corrected chi connectivity index (χ3v) is 2.96. The molecule has 5 nitrogen and oxygen atoms in total. The first-order chi connectivity index (χ1) is 10.5. The van der Waals surface area contributed by atoms with Crippen LogP contribution in [0.4, 0.5) is 4.39 Å². The van der Waals surface area contributed by atoms with E-state index in [1.165, 1.54) is 42.6 Å². The van der Waals surface area contributed by atoms with Crippen LogP contribution in [0.25, 0.3) is 0 Å². The molecule has 2 aromatic rings. The summed E-state index contributed by atoms with van der Waals surface area (Å²) in [5.41, 5.74) is 7.94. The lowest BCUT2D eigenvalue weighted by Crippen LogP contribution is -2.23. The Bertz CT molecular complexity index is 762. The molecule has 0 bridgehead atoms. The van der Waals surface area contributed by atoms with Crippen LogP contribution in [-0.2, 0) is 0 Å². The van der Waals surface area contributed by atoms with Crippen molar-refractivity contribution in [1.29, 1.82) is 0 Å². The minimum absolute atomic E-state index is 0.0105. The number of carbonyl (C=O) groups is 2. The van der Waals surface area contributed by atoms with Crippen LogP contribution < -0.4 is 11.2 Å². The van der Waals surface area contributed by atoms with Gasteiger partial charge in [0.2, 0.25) is 5.91 Å². The molecule has 0 aliphatic rings. The van der Waals surface area contributed by atoms with E-state index in [1.807, 2.05) is 0 Å². The van der Waals surface area contributed by atoms with E-state index >= 15 is 0 Å². The van der Waals surface area contributed by atoms with E-state index in [1.54, 1.807) is 6.07 Å². The van der Waals surface area contributed by atoms with Crippen LogP contribution in [0.5, 0.6) is 0 Å². The molecule has 22 heavy (non-hydrogen) atoms. The lowest BCUT2D eigenvalue weighted by molar-refractivity contribution is 0.0937. The second kappa shape index (κ2) is 6.82. The van der Waals surface area contributed by atoms with Crippen molar-refractivity contribution in [3.63, 3.8) is 0 Å². The van der Waals surface area contributed by atoms with Crippen LogP contribution >= 0.6 is 11.6 Å². The number of hydrogen-bond acceptors (Lipinski definition) is 3. The highest BCUT2D eigenvalue weighted by molar-refractivity contribution is 6.31. The Hall–Kier alpha value is -2.73. The van der Waals surface area contributed by atoms with Crippen LogP contribution in [0.1, 0.15) is 26.3 Å². The lowest BCUT2D eigenvalue weighted by Gasteiger charge is -2.05. The molecular weight excluding hydrogens is 309 g/mol. The Kier molecular flexibility index (Phi) is 4.85. The molecule has 112 valence electrons. The summed E-state index contributed by atoms with van der Waals surface area (Å²) in [6.07, 6.45) is 1.27. The number of nitrogens with one attached hydrogen (secondary N) is 1. The predicted molar refractivity (Wildman–Crippen MR) is 81.4 cm³/mol. The van der Waals surface area contributed by atoms with Crippen molar-refractivity contribution < 1.29 is 14.0 Å². The normalized spacial score (nSPS) is 10.6. The summed E-state index contributed by atoms with van der Waals surface area (Å²) < 4.78 is 13.0. The van der Waals surface area contributed by atoms with Gasteiger partial charge in [-0.2, -0.15) is 5.10 Å². The van der Waals surface area contributed by atoms with Gasteiger partial charge in [-0.05, 0) is 35.9 Å². The van der Waals surface area contributed by atoms with Crippen LogP contribution in [0.3, 0.4) is 0 Å². The number of primary amides is 1. The van der Waals surface area contributed by atoms with Crippen LogP contribution in [-0.4, -0.2) is 18.0 Å². The Balaban J connectivity index is 2.16. The largest absolute Gasteiger partial charge is 0.366 e. The van der Waals surface area contributed by atoms with Gasteiger partial charge in [0.25, 0.3) is 5.91 Å². The molecule has 0 fully saturated rings. The summed E-state index contributed by atoms with van der Waals surface area (Å²) in [7, 11) is 0. The van der Waals surface area contributed by atoms with Gasteiger partial charge in [0, 0.05) is 5.02 Å². The van der Waals surface area contributed by atoms with Gasteiger partial charge in [-0.3, -0.25) is 9.59 Å². The van der Waals surface area contributed by atoms with E-state index in [0.717, 1.165) is 0 Å². The molecule has 2 amide bonds. The fourth-order valence-corrected chi connectivity index (χ4v) is 1.90. The zero-order valence-corrected chi connectivity index (χ0v) is 12.0. The van der Waals surface area contributed by atoms with Gasteiger partial charge in [-0.25, -0.2) is 9.82 Å². The maximum Gasteiger partial charge on any atom is 0.272 e. The summed E-state index contributed by atoms with van der Waals surface area (Å²) in [5, 5.41) is 3.98.